The van der Waals surface area contributed by atoms with E-state index in [-0.39, 0.29) is 5.82 Å². The van der Waals surface area contributed by atoms with E-state index in [0.717, 1.165) is 5.52 Å². The molecule has 0 atom stereocenters. The normalized spacial score (nSPS) is 11.2. The molecule has 0 bridgehead atoms. The molecule has 0 radical (unpaired) electrons. The van der Waals surface area contributed by atoms with Crippen molar-refractivity contribution in [2.45, 2.75) is 13.5 Å². The van der Waals surface area contributed by atoms with Gasteiger partial charge in [0.2, 0.25) is 5.89 Å². The number of fused-ring (bicyclic) bond motifs is 1. The number of halogens is 1. The first-order valence-electron chi connectivity index (χ1n) is 5.26. The lowest BCUT2D eigenvalue weighted by atomic mass is 10.2. The lowest BCUT2D eigenvalue weighted by Crippen LogP contribution is -1.98. The van der Waals surface area contributed by atoms with Crippen molar-refractivity contribution in [3.8, 4) is 0 Å². The minimum absolute atomic E-state index is 0.219. The maximum atomic E-state index is 13.5. The van der Waals surface area contributed by atoms with E-state index in [2.05, 4.69) is 10.1 Å². The molecule has 2 heterocycles. The molecule has 1 aromatic carbocycles. The third-order valence-electron chi connectivity index (χ3n) is 2.64. The van der Waals surface area contributed by atoms with Crippen LogP contribution in [0, 0.1) is 12.7 Å². The van der Waals surface area contributed by atoms with E-state index in [1.165, 1.54) is 6.07 Å². The van der Waals surface area contributed by atoms with Crippen LogP contribution in [0.15, 0.2) is 35.0 Å². The molecule has 0 aliphatic carbocycles. The Morgan fingerprint density at radius 3 is 3.00 bits per heavy atom. The number of hydrogen-bond acceptors (Lipinski definition) is 3. The molecular formula is C12H10FN3O. The molecule has 0 unspecified atom stereocenters. The van der Waals surface area contributed by atoms with Crippen molar-refractivity contribution in [1.29, 1.82) is 0 Å². The summed E-state index contributed by atoms with van der Waals surface area (Å²) in [5, 5.41) is 4.32. The van der Waals surface area contributed by atoms with Gasteiger partial charge in [-0.3, -0.25) is 0 Å². The van der Waals surface area contributed by atoms with E-state index >= 15 is 0 Å². The lowest BCUT2D eigenvalue weighted by Gasteiger charge is -2.01. The van der Waals surface area contributed by atoms with Crippen LogP contribution >= 0.6 is 0 Å². The fourth-order valence-electron chi connectivity index (χ4n) is 1.87. The third-order valence-corrected chi connectivity index (χ3v) is 2.64. The van der Waals surface area contributed by atoms with E-state index in [1.54, 1.807) is 19.1 Å². The van der Waals surface area contributed by atoms with Gasteiger partial charge in [0.05, 0.1) is 5.52 Å². The SMILES string of the molecule is Cc1noc(Cn2ccc3c(F)cccc32)n1. The van der Waals surface area contributed by atoms with Gasteiger partial charge in [-0.15, -0.1) is 0 Å². The molecule has 0 saturated carbocycles. The summed E-state index contributed by atoms with van der Waals surface area (Å²) in [5.74, 6) is 0.898. The number of aromatic nitrogens is 3. The molecule has 3 aromatic rings. The van der Waals surface area contributed by atoms with Gasteiger partial charge in [-0.05, 0) is 25.1 Å². The number of nitrogens with zero attached hydrogens (tertiary/aromatic N) is 3. The highest BCUT2D eigenvalue weighted by atomic mass is 19.1. The largest absolute Gasteiger partial charge is 0.338 e. The summed E-state index contributed by atoms with van der Waals surface area (Å²) in [6.45, 7) is 2.22. The fourth-order valence-corrected chi connectivity index (χ4v) is 1.87. The Bertz CT molecular complexity index is 671. The van der Waals surface area contributed by atoms with E-state index in [9.17, 15) is 4.39 Å². The maximum absolute atomic E-state index is 13.5. The summed E-state index contributed by atoms with van der Waals surface area (Å²) >= 11 is 0. The van der Waals surface area contributed by atoms with Crippen molar-refractivity contribution in [3.63, 3.8) is 0 Å². The van der Waals surface area contributed by atoms with Crippen molar-refractivity contribution < 1.29 is 8.91 Å². The Hall–Kier alpha value is -2.17. The first kappa shape index (κ1) is 10.0. The quantitative estimate of drug-likeness (QED) is 0.680. The number of aryl methyl sites for hydroxylation is 1. The number of hydrogen-bond donors (Lipinski definition) is 0. The molecule has 17 heavy (non-hydrogen) atoms. The van der Waals surface area contributed by atoms with Crippen LogP contribution in [0.3, 0.4) is 0 Å². The summed E-state index contributed by atoms with van der Waals surface area (Å²) in [4.78, 5) is 4.12. The molecular weight excluding hydrogens is 221 g/mol. The average molecular weight is 231 g/mol. The monoisotopic (exact) mass is 231 g/mol. The van der Waals surface area contributed by atoms with E-state index in [0.29, 0.717) is 23.6 Å². The predicted octanol–water partition coefficient (Wildman–Crippen LogP) is 2.52. The molecule has 2 aromatic heterocycles. The number of benzene rings is 1. The molecule has 0 spiro atoms. The molecule has 0 amide bonds. The second-order valence-corrected chi connectivity index (χ2v) is 3.85. The fraction of sp³-hybridized carbons (Fsp3) is 0.167. The van der Waals surface area contributed by atoms with Crippen LogP contribution in [0.5, 0.6) is 0 Å². The second-order valence-electron chi connectivity index (χ2n) is 3.85. The molecule has 0 N–H and O–H groups in total. The molecule has 3 rings (SSSR count). The van der Waals surface area contributed by atoms with E-state index < -0.39 is 0 Å². The molecule has 0 aliphatic heterocycles. The Balaban J connectivity index is 2.04. The molecule has 4 nitrogen and oxygen atoms in total. The van der Waals surface area contributed by atoms with Gasteiger partial charge >= 0.3 is 0 Å². The van der Waals surface area contributed by atoms with Crippen molar-refractivity contribution in [1.82, 2.24) is 14.7 Å². The van der Waals surface area contributed by atoms with Crippen LogP contribution in [0.1, 0.15) is 11.7 Å². The van der Waals surface area contributed by atoms with Crippen LogP contribution in [-0.2, 0) is 6.54 Å². The van der Waals surface area contributed by atoms with E-state index in [4.69, 9.17) is 4.52 Å². The van der Waals surface area contributed by atoms with Gasteiger partial charge in [0, 0.05) is 11.6 Å². The first-order valence-corrected chi connectivity index (χ1v) is 5.26. The van der Waals surface area contributed by atoms with Crippen LogP contribution in [0.2, 0.25) is 0 Å². The predicted molar refractivity (Wildman–Crippen MR) is 60.0 cm³/mol. The van der Waals surface area contributed by atoms with Gasteiger partial charge in [-0.1, -0.05) is 11.2 Å². The molecule has 5 heteroatoms. The minimum atomic E-state index is -0.219. The van der Waals surface area contributed by atoms with Crippen molar-refractivity contribution in [3.05, 3.63) is 48.0 Å². The van der Waals surface area contributed by atoms with Crippen molar-refractivity contribution >= 4 is 10.9 Å². The third kappa shape index (κ3) is 1.69. The van der Waals surface area contributed by atoms with Crippen molar-refractivity contribution in [2.24, 2.45) is 0 Å². The summed E-state index contributed by atoms with van der Waals surface area (Å²) in [6.07, 6.45) is 1.81. The van der Waals surface area contributed by atoms with Crippen LogP contribution in [0.25, 0.3) is 10.9 Å². The van der Waals surface area contributed by atoms with Crippen LogP contribution in [-0.4, -0.2) is 14.7 Å². The zero-order chi connectivity index (χ0) is 11.8. The smallest absolute Gasteiger partial charge is 0.246 e. The topological polar surface area (TPSA) is 43.9 Å². The lowest BCUT2D eigenvalue weighted by molar-refractivity contribution is 0.369. The van der Waals surface area contributed by atoms with Crippen LogP contribution in [0.4, 0.5) is 4.39 Å². The maximum Gasteiger partial charge on any atom is 0.246 e. The highest BCUT2D eigenvalue weighted by Crippen LogP contribution is 2.19. The summed E-state index contributed by atoms with van der Waals surface area (Å²) < 4.78 is 20.4. The minimum Gasteiger partial charge on any atom is -0.338 e. The second kappa shape index (κ2) is 3.69. The summed E-state index contributed by atoms with van der Waals surface area (Å²) in [7, 11) is 0. The van der Waals surface area contributed by atoms with Crippen LogP contribution < -0.4 is 0 Å². The zero-order valence-corrected chi connectivity index (χ0v) is 9.22. The average Bonchev–Trinajstić information content (AvgIpc) is 2.88. The first-order chi connectivity index (χ1) is 8.24. The van der Waals surface area contributed by atoms with Gasteiger partial charge < -0.3 is 9.09 Å². The van der Waals surface area contributed by atoms with Gasteiger partial charge in [-0.25, -0.2) is 4.39 Å². The zero-order valence-electron chi connectivity index (χ0n) is 9.22. The Morgan fingerprint density at radius 2 is 2.24 bits per heavy atom. The highest BCUT2D eigenvalue weighted by molar-refractivity contribution is 5.80. The van der Waals surface area contributed by atoms with Gasteiger partial charge in [-0.2, -0.15) is 4.98 Å². The molecule has 0 aliphatic rings. The highest BCUT2D eigenvalue weighted by Gasteiger charge is 2.08. The Labute approximate surface area is 96.7 Å². The molecule has 86 valence electrons. The summed E-state index contributed by atoms with van der Waals surface area (Å²) in [6, 6.07) is 6.74. The Morgan fingerprint density at radius 1 is 1.35 bits per heavy atom. The molecule has 0 saturated heterocycles. The van der Waals surface area contributed by atoms with Gasteiger partial charge in [0.1, 0.15) is 12.4 Å². The number of rotatable bonds is 2. The van der Waals surface area contributed by atoms with Crippen molar-refractivity contribution in [2.75, 3.05) is 0 Å². The van der Waals surface area contributed by atoms with E-state index in [1.807, 2.05) is 16.8 Å². The summed E-state index contributed by atoms with van der Waals surface area (Å²) in [5.41, 5.74) is 0.820. The standard InChI is InChI=1S/C12H10FN3O/c1-8-14-12(17-15-8)7-16-6-5-9-10(13)3-2-4-11(9)16/h2-6H,7H2,1H3. The Kier molecular flexibility index (Phi) is 2.18. The van der Waals surface area contributed by atoms with Gasteiger partial charge in [0.25, 0.3) is 0 Å². The van der Waals surface area contributed by atoms with Gasteiger partial charge in [0.15, 0.2) is 5.82 Å². The molecule has 0 fully saturated rings.